The van der Waals surface area contributed by atoms with Gasteiger partial charge in [-0.2, -0.15) is 0 Å². The number of carbonyl (C=O) groups is 2. The Morgan fingerprint density at radius 3 is 2.50 bits per heavy atom. The Bertz CT molecular complexity index is 1630. The van der Waals surface area contributed by atoms with Crippen molar-refractivity contribution in [3.63, 3.8) is 0 Å². The SMILES string of the molecule is CCCN1C(=O)c2oc3ccc(F)cc3c(=O)c2C12C(=O)N(Cc1ccc(Cl)cc1)c1ccccc12. The van der Waals surface area contributed by atoms with Crippen LogP contribution in [0.2, 0.25) is 5.02 Å². The van der Waals surface area contributed by atoms with Crippen LogP contribution in [0.3, 0.4) is 0 Å². The summed E-state index contributed by atoms with van der Waals surface area (Å²) in [4.78, 5) is 45.1. The van der Waals surface area contributed by atoms with Crippen LogP contribution in [-0.4, -0.2) is 23.3 Å². The van der Waals surface area contributed by atoms with Gasteiger partial charge >= 0.3 is 0 Å². The number of nitrogens with zero attached hydrogens (tertiary/aromatic N) is 2. The summed E-state index contributed by atoms with van der Waals surface area (Å²) in [6.07, 6.45) is 0.552. The molecule has 1 atom stereocenters. The Morgan fingerprint density at radius 1 is 1.00 bits per heavy atom. The van der Waals surface area contributed by atoms with Crippen LogP contribution in [0.5, 0.6) is 0 Å². The van der Waals surface area contributed by atoms with Crippen LogP contribution in [-0.2, 0) is 16.9 Å². The molecule has 6 rings (SSSR count). The van der Waals surface area contributed by atoms with Gasteiger partial charge in [0.15, 0.2) is 11.0 Å². The number of hydrogen-bond acceptors (Lipinski definition) is 4. The molecule has 0 saturated heterocycles. The van der Waals surface area contributed by atoms with E-state index >= 15 is 0 Å². The fourth-order valence-electron chi connectivity index (χ4n) is 5.42. The van der Waals surface area contributed by atoms with Gasteiger partial charge in [-0.05, 0) is 48.4 Å². The largest absolute Gasteiger partial charge is 0.450 e. The number of hydrogen-bond donors (Lipinski definition) is 0. The molecule has 8 heteroatoms. The molecule has 1 aromatic heterocycles. The predicted molar refractivity (Wildman–Crippen MR) is 134 cm³/mol. The molecule has 1 unspecified atom stereocenters. The molecule has 0 bridgehead atoms. The Morgan fingerprint density at radius 2 is 1.75 bits per heavy atom. The summed E-state index contributed by atoms with van der Waals surface area (Å²) in [6, 6.07) is 17.8. The van der Waals surface area contributed by atoms with E-state index in [1.807, 2.05) is 19.1 Å². The lowest BCUT2D eigenvalue weighted by Crippen LogP contribution is -2.53. The smallest absolute Gasteiger partial charge is 0.291 e. The number of para-hydroxylation sites is 1. The average Bonchev–Trinajstić information content (AvgIpc) is 3.26. The first kappa shape index (κ1) is 22.5. The van der Waals surface area contributed by atoms with Gasteiger partial charge in [0.25, 0.3) is 11.8 Å². The second-order valence-corrected chi connectivity index (χ2v) is 9.41. The standard InChI is InChI=1S/C28H20ClFN2O4/c1-2-13-32-26(34)25-23(24(33)19-14-18(30)11-12-22(19)36-25)28(32)20-5-3-4-6-21(20)31(27(28)35)15-16-7-9-17(29)10-8-16/h3-12,14H,2,13,15H2,1H3. The van der Waals surface area contributed by atoms with Crippen molar-refractivity contribution in [1.29, 1.82) is 0 Å². The maximum absolute atomic E-state index is 14.5. The van der Waals surface area contributed by atoms with E-state index in [0.717, 1.165) is 11.6 Å². The minimum Gasteiger partial charge on any atom is -0.450 e. The van der Waals surface area contributed by atoms with E-state index < -0.39 is 28.6 Å². The summed E-state index contributed by atoms with van der Waals surface area (Å²) in [5.41, 5.74) is -0.306. The zero-order chi connectivity index (χ0) is 25.2. The molecule has 0 saturated carbocycles. The maximum Gasteiger partial charge on any atom is 0.291 e. The molecule has 3 aromatic carbocycles. The van der Waals surface area contributed by atoms with E-state index in [0.29, 0.717) is 22.7 Å². The van der Waals surface area contributed by atoms with Gasteiger partial charge in [0.1, 0.15) is 11.4 Å². The molecule has 0 radical (unpaired) electrons. The first-order chi connectivity index (χ1) is 17.4. The number of fused-ring (bicyclic) bond motifs is 5. The van der Waals surface area contributed by atoms with Crippen molar-refractivity contribution in [3.05, 3.63) is 110 Å². The van der Waals surface area contributed by atoms with Crippen molar-refractivity contribution < 1.29 is 18.4 Å². The molecule has 36 heavy (non-hydrogen) atoms. The summed E-state index contributed by atoms with van der Waals surface area (Å²) in [5.74, 6) is -1.75. The van der Waals surface area contributed by atoms with Crippen molar-refractivity contribution in [2.45, 2.75) is 25.4 Å². The van der Waals surface area contributed by atoms with Crippen LogP contribution in [0.15, 0.2) is 75.9 Å². The van der Waals surface area contributed by atoms with Gasteiger partial charge in [-0.25, -0.2) is 4.39 Å². The highest BCUT2D eigenvalue weighted by Gasteiger charge is 2.64. The summed E-state index contributed by atoms with van der Waals surface area (Å²) < 4.78 is 20.0. The third-order valence-corrected chi connectivity index (χ3v) is 7.15. The number of rotatable bonds is 4. The van der Waals surface area contributed by atoms with Gasteiger partial charge in [0, 0.05) is 17.1 Å². The Balaban J connectivity index is 1.65. The van der Waals surface area contributed by atoms with Gasteiger partial charge in [-0.15, -0.1) is 0 Å². The van der Waals surface area contributed by atoms with E-state index in [4.69, 9.17) is 16.0 Å². The quantitative estimate of drug-likeness (QED) is 0.382. The van der Waals surface area contributed by atoms with Gasteiger partial charge < -0.3 is 14.2 Å². The molecule has 6 nitrogen and oxygen atoms in total. The zero-order valence-corrected chi connectivity index (χ0v) is 20.0. The molecule has 0 aliphatic carbocycles. The average molecular weight is 503 g/mol. The highest BCUT2D eigenvalue weighted by molar-refractivity contribution is 6.30. The van der Waals surface area contributed by atoms with Crippen molar-refractivity contribution >= 4 is 40.1 Å². The first-order valence-electron chi connectivity index (χ1n) is 11.6. The fourth-order valence-corrected chi connectivity index (χ4v) is 5.54. The van der Waals surface area contributed by atoms with Crippen LogP contribution in [0.25, 0.3) is 11.0 Å². The highest BCUT2D eigenvalue weighted by Crippen LogP contribution is 2.52. The molecular weight excluding hydrogens is 483 g/mol. The molecule has 2 aliphatic heterocycles. The van der Waals surface area contributed by atoms with Crippen molar-refractivity contribution in [2.24, 2.45) is 0 Å². The highest BCUT2D eigenvalue weighted by atomic mass is 35.5. The van der Waals surface area contributed by atoms with Crippen molar-refractivity contribution in [2.75, 3.05) is 11.4 Å². The molecule has 180 valence electrons. The molecule has 0 N–H and O–H groups in total. The third-order valence-electron chi connectivity index (χ3n) is 6.90. The summed E-state index contributed by atoms with van der Waals surface area (Å²) >= 11 is 6.04. The second kappa shape index (κ2) is 8.03. The second-order valence-electron chi connectivity index (χ2n) is 8.98. The Hall–Kier alpha value is -3.97. The number of anilines is 1. The van der Waals surface area contributed by atoms with Crippen LogP contribution in [0.1, 0.15) is 40.6 Å². The van der Waals surface area contributed by atoms with E-state index in [-0.39, 0.29) is 35.4 Å². The summed E-state index contributed by atoms with van der Waals surface area (Å²) in [6.45, 7) is 2.33. The monoisotopic (exact) mass is 502 g/mol. The van der Waals surface area contributed by atoms with Crippen LogP contribution in [0, 0.1) is 5.82 Å². The predicted octanol–water partition coefficient (Wildman–Crippen LogP) is 5.24. The van der Waals surface area contributed by atoms with Gasteiger partial charge in [-0.3, -0.25) is 14.4 Å². The molecular formula is C28H20ClFN2O4. The van der Waals surface area contributed by atoms with E-state index in [1.165, 1.54) is 17.0 Å². The first-order valence-corrected chi connectivity index (χ1v) is 12.0. The maximum atomic E-state index is 14.5. The topological polar surface area (TPSA) is 70.8 Å². The molecule has 4 aromatic rings. The van der Waals surface area contributed by atoms with E-state index in [9.17, 15) is 18.8 Å². The molecule has 0 fully saturated rings. The third kappa shape index (κ3) is 2.92. The number of benzene rings is 3. The fraction of sp³-hybridized carbons (Fsp3) is 0.179. The zero-order valence-electron chi connectivity index (χ0n) is 19.3. The van der Waals surface area contributed by atoms with Crippen LogP contribution in [0.4, 0.5) is 10.1 Å². The molecule has 3 heterocycles. The normalized spacial score (nSPS) is 18.4. The Kier molecular flexibility index (Phi) is 5.02. The minimum absolute atomic E-state index is 0.0132. The lowest BCUT2D eigenvalue weighted by molar-refractivity contribution is -0.126. The molecule has 1 spiro atoms. The van der Waals surface area contributed by atoms with Crippen LogP contribution < -0.4 is 10.3 Å². The number of carbonyl (C=O) groups excluding carboxylic acids is 2. The molecule has 2 amide bonds. The van der Waals surface area contributed by atoms with Gasteiger partial charge in [0.2, 0.25) is 5.76 Å². The van der Waals surface area contributed by atoms with Crippen LogP contribution >= 0.6 is 11.6 Å². The summed E-state index contributed by atoms with van der Waals surface area (Å²) in [5, 5.41) is 0.560. The number of amides is 2. The van der Waals surface area contributed by atoms with E-state index in [2.05, 4.69) is 0 Å². The lowest BCUT2D eigenvalue weighted by atomic mass is 9.84. The lowest BCUT2D eigenvalue weighted by Gasteiger charge is -2.34. The summed E-state index contributed by atoms with van der Waals surface area (Å²) in [7, 11) is 0. The van der Waals surface area contributed by atoms with Crippen molar-refractivity contribution in [3.8, 4) is 0 Å². The van der Waals surface area contributed by atoms with Gasteiger partial charge in [0.05, 0.1) is 23.2 Å². The number of halogens is 2. The minimum atomic E-state index is -1.70. The van der Waals surface area contributed by atoms with E-state index in [1.54, 1.807) is 41.3 Å². The Labute approximate surface area is 210 Å². The van der Waals surface area contributed by atoms with Gasteiger partial charge in [-0.1, -0.05) is 48.9 Å². The van der Waals surface area contributed by atoms with Crippen molar-refractivity contribution in [1.82, 2.24) is 4.90 Å². The molecule has 2 aliphatic rings.